The zero-order valence-corrected chi connectivity index (χ0v) is 9.53. The van der Waals surface area contributed by atoms with Crippen LogP contribution in [0, 0.1) is 17.8 Å². The largest absolute Gasteiger partial charge is 0.330 e. The van der Waals surface area contributed by atoms with E-state index in [2.05, 4.69) is 5.32 Å². The van der Waals surface area contributed by atoms with Crippen molar-refractivity contribution in [2.45, 2.75) is 26.7 Å². The van der Waals surface area contributed by atoms with Crippen molar-refractivity contribution >= 4 is 17.8 Å². The topological polar surface area (TPSA) is 66.5 Å². The van der Waals surface area contributed by atoms with Crippen molar-refractivity contribution in [2.24, 2.45) is 17.8 Å². The van der Waals surface area contributed by atoms with Gasteiger partial charge in [0.15, 0.2) is 0 Å². The first-order valence-corrected chi connectivity index (χ1v) is 5.67. The van der Waals surface area contributed by atoms with E-state index in [1.165, 1.54) is 4.90 Å². The molecule has 2 aliphatic rings. The molecule has 1 saturated carbocycles. The summed E-state index contributed by atoms with van der Waals surface area (Å²) in [5, 5.41) is 2.25. The molecule has 0 aromatic carbocycles. The fourth-order valence-electron chi connectivity index (χ4n) is 1.95. The molecule has 1 aliphatic heterocycles. The molecule has 0 aromatic heterocycles. The van der Waals surface area contributed by atoms with Crippen LogP contribution in [-0.4, -0.2) is 29.3 Å². The van der Waals surface area contributed by atoms with Gasteiger partial charge in [0.05, 0.1) is 0 Å². The first kappa shape index (κ1) is 11.1. The summed E-state index contributed by atoms with van der Waals surface area (Å²) in [5.41, 5.74) is 0. The Morgan fingerprint density at radius 2 is 1.94 bits per heavy atom. The second kappa shape index (κ2) is 3.88. The number of hydrogen-bond donors (Lipinski definition) is 1. The minimum Gasteiger partial charge on any atom is -0.277 e. The fraction of sp³-hybridized carbons (Fsp3) is 0.727. The zero-order chi connectivity index (χ0) is 11.9. The van der Waals surface area contributed by atoms with E-state index in [0.717, 1.165) is 12.8 Å². The quantitative estimate of drug-likeness (QED) is 0.719. The summed E-state index contributed by atoms with van der Waals surface area (Å²) < 4.78 is 0. The minimum absolute atomic E-state index is 0.0812. The van der Waals surface area contributed by atoms with E-state index in [0.29, 0.717) is 12.5 Å². The van der Waals surface area contributed by atoms with Gasteiger partial charge in [0.2, 0.25) is 11.8 Å². The van der Waals surface area contributed by atoms with Gasteiger partial charge in [-0.25, -0.2) is 4.79 Å². The zero-order valence-electron chi connectivity index (χ0n) is 9.53. The third-order valence-electron chi connectivity index (χ3n) is 3.09. The molecule has 1 heterocycles. The Morgan fingerprint density at radius 1 is 1.31 bits per heavy atom. The number of imide groups is 2. The van der Waals surface area contributed by atoms with Crippen LogP contribution in [0.5, 0.6) is 0 Å². The Balaban J connectivity index is 2.14. The van der Waals surface area contributed by atoms with Gasteiger partial charge in [-0.15, -0.1) is 0 Å². The lowest BCUT2D eigenvalue weighted by molar-refractivity contribution is -0.144. The van der Waals surface area contributed by atoms with Crippen molar-refractivity contribution < 1.29 is 14.4 Å². The third kappa shape index (κ3) is 1.94. The van der Waals surface area contributed by atoms with E-state index >= 15 is 0 Å². The van der Waals surface area contributed by atoms with Crippen LogP contribution in [-0.2, 0) is 9.59 Å². The van der Waals surface area contributed by atoms with E-state index < -0.39 is 17.9 Å². The molecule has 2 rings (SSSR count). The van der Waals surface area contributed by atoms with E-state index in [9.17, 15) is 14.4 Å². The SMILES string of the molecule is CC(C)C1C(=O)NC(=O)N(CC2CC2)C1=O. The Morgan fingerprint density at radius 3 is 2.44 bits per heavy atom. The Kier molecular flexibility index (Phi) is 2.69. The van der Waals surface area contributed by atoms with Crippen molar-refractivity contribution in [1.82, 2.24) is 10.2 Å². The lowest BCUT2D eigenvalue weighted by Crippen LogP contribution is -2.59. The van der Waals surface area contributed by atoms with Crippen LogP contribution < -0.4 is 5.32 Å². The van der Waals surface area contributed by atoms with Gasteiger partial charge in [-0.3, -0.25) is 19.8 Å². The van der Waals surface area contributed by atoms with Gasteiger partial charge in [0.25, 0.3) is 0 Å². The summed E-state index contributed by atoms with van der Waals surface area (Å²) in [7, 11) is 0. The smallest absolute Gasteiger partial charge is 0.277 e. The number of amides is 4. The van der Waals surface area contributed by atoms with E-state index in [4.69, 9.17) is 0 Å². The van der Waals surface area contributed by atoms with Crippen LogP contribution in [0.15, 0.2) is 0 Å². The van der Waals surface area contributed by atoms with Crippen LogP contribution in [0.1, 0.15) is 26.7 Å². The van der Waals surface area contributed by atoms with E-state index in [1.54, 1.807) is 0 Å². The van der Waals surface area contributed by atoms with Gasteiger partial charge >= 0.3 is 6.03 Å². The van der Waals surface area contributed by atoms with Gasteiger partial charge in [-0.1, -0.05) is 13.8 Å². The van der Waals surface area contributed by atoms with Gasteiger partial charge in [-0.05, 0) is 24.7 Å². The average Bonchev–Trinajstić information content (AvgIpc) is 2.94. The number of nitrogens with one attached hydrogen (secondary N) is 1. The maximum absolute atomic E-state index is 12.0. The molecule has 1 N–H and O–H groups in total. The van der Waals surface area contributed by atoms with Gasteiger partial charge in [0, 0.05) is 6.54 Å². The van der Waals surface area contributed by atoms with Crippen molar-refractivity contribution in [3.05, 3.63) is 0 Å². The molecule has 0 aromatic rings. The normalized spacial score (nSPS) is 26.3. The average molecular weight is 224 g/mol. The fourth-order valence-corrected chi connectivity index (χ4v) is 1.95. The lowest BCUT2D eigenvalue weighted by atomic mass is 9.92. The van der Waals surface area contributed by atoms with Crippen LogP contribution in [0.4, 0.5) is 4.79 Å². The summed E-state index contributed by atoms with van der Waals surface area (Å²) in [4.78, 5) is 36.2. The molecule has 4 amide bonds. The standard InChI is InChI=1S/C11H16N2O3/c1-6(2)8-9(14)12-11(16)13(10(8)15)5-7-3-4-7/h6-8H,3-5H2,1-2H3,(H,12,14,16). The molecule has 2 fully saturated rings. The molecule has 0 spiro atoms. The molecule has 1 unspecified atom stereocenters. The maximum Gasteiger partial charge on any atom is 0.330 e. The second-order valence-electron chi connectivity index (χ2n) is 4.91. The maximum atomic E-state index is 12.0. The van der Waals surface area contributed by atoms with Gasteiger partial charge in [-0.2, -0.15) is 0 Å². The van der Waals surface area contributed by atoms with Crippen molar-refractivity contribution in [3.8, 4) is 0 Å². The Labute approximate surface area is 94.2 Å². The van der Waals surface area contributed by atoms with Crippen LogP contribution in [0.2, 0.25) is 0 Å². The summed E-state index contributed by atoms with van der Waals surface area (Å²) in [6.07, 6.45) is 2.13. The summed E-state index contributed by atoms with van der Waals surface area (Å²) in [6, 6.07) is -0.557. The first-order chi connectivity index (χ1) is 7.50. The van der Waals surface area contributed by atoms with E-state index in [1.807, 2.05) is 13.8 Å². The number of rotatable bonds is 3. The molecule has 16 heavy (non-hydrogen) atoms. The van der Waals surface area contributed by atoms with Crippen LogP contribution in [0.25, 0.3) is 0 Å². The minimum atomic E-state index is -0.712. The predicted octanol–water partition coefficient (Wildman–Crippen LogP) is 0.747. The number of carbonyl (C=O) groups excluding carboxylic acids is 3. The number of barbiturate groups is 1. The molecular formula is C11H16N2O3. The highest BCUT2D eigenvalue weighted by Gasteiger charge is 2.43. The number of hydrogen-bond acceptors (Lipinski definition) is 3. The first-order valence-electron chi connectivity index (χ1n) is 5.67. The summed E-state index contributed by atoms with van der Waals surface area (Å²) in [6.45, 7) is 4.08. The summed E-state index contributed by atoms with van der Waals surface area (Å²) >= 11 is 0. The van der Waals surface area contributed by atoms with Gasteiger partial charge < -0.3 is 0 Å². The number of nitrogens with zero attached hydrogens (tertiary/aromatic N) is 1. The van der Waals surface area contributed by atoms with Gasteiger partial charge in [0.1, 0.15) is 5.92 Å². The monoisotopic (exact) mass is 224 g/mol. The highest BCUT2D eigenvalue weighted by Crippen LogP contribution is 2.31. The molecule has 5 heteroatoms. The summed E-state index contributed by atoms with van der Waals surface area (Å²) in [5.74, 6) is -1.15. The van der Waals surface area contributed by atoms with Crippen molar-refractivity contribution in [3.63, 3.8) is 0 Å². The molecule has 0 radical (unpaired) electrons. The molecule has 0 bridgehead atoms. The van der Waals surface area contributed by atoms with E-state index in [-0.39, 0.29) is 11.8 Å². The Hall–Kier alpha value is -1.39. The molecule has 1 saturated heterocycles. The predicted molar refractivity (Wildman–Crippen MR) is 56.3 cm³/mol. The van der Waals surface area contributed by atoms with Crippen molar-refractivity contribution in [1.29, 1.82) is 0 Å². The molecular weight excluding hydrogens is 208 g/mol. The highest BCUT2D eigenvalue weighted by atomic mass is 16.2. The van der Waals surface area contributed by atoms with Crippen molar-refractivity contribution in [2.75, 3.05) is 6.54 Å². The highest BCUT2D eigenvalue weighted by molar-refractivity contribution is 6.16. The number of urea groups is 1. The molecule has 1 atom stereocenters. The second-order valence-corrected chi connectivity index (χ2v) is 4.91. The third-order valence-corrected chi connectivity index (χ3v) is 3.09. The molecule has 5 nitrogen and oxygen atoms in total. The van der Waals surface area contributed by atoms with Crippen LogP contribution >= 0.6 is 0 Å². The number of carbonyl (C=O) groups is 3. The lowest BCUT2D eigenvalue weighted by Gasteiger charge is -2.31. The Bertz CT molecular complexity index is 347. The molecule has 1 aliphatic carbocycles. The molecule has 88 valence electrons. The van der Waals surface area contributed by atoms with Crippen LogP contribution in [0.3, 0.4) is 0 Å².